The normalized spacial score (nSPS) is 13.6. The van der Waals surface area contributed by atoms with Crippen LogP contribution >= 0.6 is 0 Å². The molecule has 0 aliphatic heterocycles. The van der Waals surface area contributed by atoms with E-state index in [1.54, 1.807) is 0 Å². The van der Waals surface area contributed by atoms with Crippen molar-refractivity contribution in [1.29, 1.82) is 0 Å². The molecule has 0 bridgehead atoms. The van der Waals surface area contributed by atoms with Crippen LogP contribution in [0.15, 0.2) is 182 Å². The molecule has 0 nitrogen and oxygen atoms in total. The monoisotopic (exact) mass is 589 g/mol. The average Bonchev–Trinajstić information content (AvgIpc) is 3.20. The molecule has 0 fully saturated rings. The molecule has 0 aliphatic rings. The molecule has 0 aromatic heterocycles. The minimum Gasteiger partial charge on any atom is -0.0622 e. The molecule has 0 heterocycles. The Morgan fingerprint density at radius 1 is 0.304 bits per heavy atom. The van der Waals surface area contributed by atoms with Gasteiger partial charge in [-0.1, -0.05) is 176 Å². The van der Waals surface area contributed by atoms with Gasteiger partial charge in [-0.15, -0.1) is 0 Å². The summed E-state index contributed by atoms with van der Waals surface area (Å²) in [6.07, 6.45) is 0. The molecular weight excluding hydrogens is 553 g/mol. The Balaban J connectivity index is 1.47. The minimum atomic E-state index is -0.382. The van der Waals surface area contributed by atoms with E-state index in [0.717, 1.165) is 32.7 Å². The molecule has 9 aromatic rings. The zero-order chi connectivity index (χ0) is 36.5. The summed E-state index contributed by atoms with van der Waals surface area (Å²) >= 11 is 0. The average molecular weight is 590 g/mol. The highest BCUT2D eigenvalue weighted by Gasteiger charge is 2.18. The van der Waals surface area contributed by atoms with Crippen molar-refractivity contribution in [3.05, 3.63) is 182 Å². The summed E-state index contributed by atoms with van der Waals surface area (Å²) < 4.78 is 65.4. The molecule has 0 heteroatoms. The molecule has 214 valence electrons. The number of hydrogen-bond donors (Lipinski definition) is 0. The fraction of sp³-hybridized carbons (Fsp3) is 0. The van der Waals surface area contributed by atoms with Crippen LogP contribution in [0.1, 0.15) is 9.60 Å². The maximum absolute atomic E-state index is 10.0. The third-order valence-electron chi connectivity index (χ3n) is 8.90. The molecular formula is C46H30. The van der Waals surface area contributed by atoms with Gasteiger partial charge in [-0.3, -0.25) is 0 Å². The summed E-state index contributed by atoms with van der Waals surface area (Å²) in [6, 6.07) is 43.6. The lowest BCUT2D eigenvalue weighted by atomic mass is 9.84. The Bertz CT molecular complexity index is 2940. The molecule has 0 radical (unpaired) electrons. The predicted molar refractivity (Wildman–Crippen MR) is 198 cm³/mol. The summed E-state index contributed by atoms with van der Waals surface area (Å²) in [5, 5.41) is 5.22. The molecule has 0 saturated carbocycles. The highest BCUT2D eigenvalue weighted by Crippen LogP contribution is 2.45. The van der Waals surface area contributed by atoms with Crippen LogP contribution in [-0.2, 0) is 0 Å². The van der Waals surface area contributed by atoms with Gasteiger partial charge in [-0.2, -0.15) is 0 Å². The van der Waals surface area contributed by atoms with Crippen LogP contribution in [-0.4, -0.2) is 0 Å². The summed E-state index contributed by atoms with van der Waals surface area (Å²) in [5.74, 6) is 0. The van der Waals surface area contributed by atoms with Crippen molar-refractivity contribution in [3.63, 3.8) is 0 Å². The Hall–Kier alpha value is -5.98. The molecule has 0 amide bonds. The number of rotatable bonds is 4. The van der Waals surface area contributed by atoms with Gasteiger partial charge < -0.3 is 0 Å². The van der Waals surface area contributed by atoms with Gasteiger partial charge >= 0.3 is 0 Å². The van der Waals surface area contributed by atoms with Crippen LogP contribution < -0.4 is 0 Å². The second-order valence-corrected chi connectivity index (χ2v) is 11.5. The maximum atomic E-state index is 10.0. The molecule has 0 unspecified atom stereocenters. The van der Waals surface area contributed by atoms with Crippen LogP contribution in [0.4, 0.5) is 0 Å². The minimum absolute atomic E-state index is 0.0250. The fourth-order valence-electron chi connectivity index (χ4n) is 6.77. The summed E-state index contributed by atoms with van der Waals surface area (Å²) in [5.41, 5.74) is 5.10. The van der Waals surface area contributed by atoms with Crippen LogP contribution in [0.3, 0.4) is 0 Å². The van der Waals surface area contributed by atoms with Gasteiger partial charge in [0.15, 0.2) is 0 Å². The quantitative estimate of drug-likeness (QED) is 0.179. The smallest absolute Gasteiger partial charge is 0.0622 e. The third kappa shape index (κ3) is 4.30. The van der Waals surface area contributed by atoms with E-state index in [1.807, 2.05) is 115 Å². The van der Waals surface area contributed by atoms with Gasteiger partial charge in [0.05, 0.1) is 9.60 Å². The molecule has 0 aliphatic carbocycles. The first-order valence-electron chi connectivity index (χ1n) is 18.9. The summed E-state index contributed by atoms with van der Waals surface area (Å²) in [7, 11) is 0. The van der Waals surface area contributed by atoms with Gasteiger partial charge in [0.2, 0.25) is 0 Å². The second kappa shape index (κ2) is 10.9. The summed E-state index contributed by atoms with van der Waals surface area (Å²) in [4.78, 5) is 0. The van der Waals surface area contributed by atoms with Crippen LogP contribution in [0.5, 0.6) is 0 Å². The van der Waals surface area contributed by atoms with E-state index in [4.69, 9.17) is 2.74 Å². The molecule has 0 saturated heterocycles. The van der Waals surface area contributed by atoms with E-state index < -0.39 is 0 Å². The van der Waals surface area contributed by atoms with E-state index in [2.05, 4.69) is 24.3 Å². The highest BCUT2D eigenvalue weighted by molar-refractivity contribution is 6.22. The number of fused-ring (bicyclic) bond motifs is 4. The van der Waals surface area contributed by atoms with Crippen molar-refractivity contribution in [2.45, 2.75) is 0 Å². The maximum Gasteiger partial charge on any atom is 0.0636 e. The lowest BCUT2D eigenvalue weighted by Gasteiger charge is -2.19. The topological polar surface area (TPSA) is 0 Å². The van der Waals surface area contributed by atoms with Crippen molar-refractivity contribution in [2.75, 3.05) is 0 Å². The summed E-state index contributed by atoms with van der Waals surface area (Å²) in [6.45, 7) is 0. The standard InChI is InChI=1S/C46H30/c1-2-14-34(15-3-1)45-41-20-8-9-21-42(41)46(35-26-24-33(25-27-35)39-22-10-16-31-12-4-6-18-37(31)39)44-30-36(28-29-43(44)45)40-23-11-17-32-13-5-7-19-38(32)40/h1-30H/i8D,9D,20D,21D,28D,29D,30D. The zero-order valence-electron chi connectivity index (χ0n) is 31.8. The first kappa shape index (κ1) is 20.1. The first-order chi connectivity index (χ1) is 25.8. The largest absolute Gasteiger partial charge is 0.0636 e. The molecule has 0 N–H and O–H groups in total. The van der Waals surface area contributed by atoms with E-state index in [0.29, 0.717) is 44.2 Å². The van der Waals surface area contributed by atoms with Crippen molar-refractivity contribution in [3.8, 4) is 44.5 Å². The third-order valence-corrected chi connectivity index (χ3v) is 8.90. The highest BCUT2D eigenvalue weighted by atomic mass is 14.2. The SMILES string of the molecule is [2H]c1c([2H])c([2H])c2c(-c3ccc(-c4cccc5ccccc45)cc3)c3c([2H])c(-c4cccc5ccccc45)c([2H])c([2H])c3c(-c3ccccc3)c2c1[2H]. The van der Waals surface area contributed by atoms with E-state index >= 15 is 0 Å². The molecule has 9 rings (SSSR count). The van der Waals surface area contributed by atoms with Crippen molar-refractivity contribution < 1.29 is 9.60 Å². The Morgan fingerprint density at radius 3 is 1.43 bits per heavy atom. The Kier molecular flexibility index (Phi) is 4.76. The Morgan fingerprint density at radius 2 is 0.783 bits per heavy atom. The van der Waals surface area contributed by atoms with E-state index in [1.165, 1.54) is 0 Å². The van der Waals surface area contributed by atoms with Gasteiger partial charge in [-0.25, -0.2) is 0 Å². The van der Waals surface area contributed by atoms with Gasteiger partial charge in [0, 0.05) is 0 Å². The predicted octanol–water partition coefficient (Wildman–Crippen LogP) is 13.0. The molecule has 0 atom stereocenters. The van der Waals surface area contributed by atoms with Gasteiger partial charge in [0.1, 0.15) is 0 Å². The zero-order valence-corrected chi connectivity index (χ0v) is 24.8. The second-order valence-electron chi connectivity index (χ2n) is 11.5. The number of benzene rings is 9. The fourth-order valence-corrected chi connectivity index (χ4v) is 6.77. The Labute approximate surface area is 278 Å². The van der Waals surface area contributed by atoms with Crippen molar-refractivity contribution in [1.82, 2.24) is 0 Å². The molecule has 9 aromatic carbocycles. The van der Waals surface area contributed by atoms with Gasteiger partial charge in [-0.05, 0) is 93.6 Å². The molecule has 0 spiro atoms. The first-order valence-corrected chi connectivity index (χ1v) is 15.4. The number of hydrogen-bond acceptors (Lipinski definition) is 0. The lowest BCUT2D eigenvalue weighted by Crippen LogP contribution is -1.92. The van der Waals surface area contributed by atoms with Crippen LogP contribution in [0.2, 0.25) is 0 Å². The van der Waals surface area contributed by atoms with Gasteiger partial charge in [0.25, 0.3) is 0 Å². The van der Waals surface area contributed by atoms with Crippen LogP contribution in [0, 0.1) is 0 Å². The lowest BCUT2D eigenvalue weighted by molar-refractivity contribution is 1.63. The van der Waals surface area contributed by atoms with Crippen LogP contribution in [0.25, 0.3) is 87.6 Å². The van der Waals surface area contributed by atoms with Crippen molar-refractivity contribution in [2.24, 2.45) is 0 Å². The van der Waals surface area contributed by atoms with Crippen molar-refractivity contribution >= 4 is 43.1 Å². The molecule has 46 heavy (non-hydrogen) atoms. The van der Waals surface area contributed by atoms with E-state index in [9.17, 15) is 6.85 Å². The van der Waals surface area contributed by atoms with E-state index in [-0.39, 0.29) is 53.1 Å².